The third-order valence-corrected chi connectivity index (χ3v) is 4.89. The lowest BCUT2D eigenvalue weighted by atomic mass is 9.85. The molecule has 1 saturated carbocycles. The van der Waals surface area contributed by atoms with Gasteiger partial charge in [0.15, 0.2) is 0 Å². The van der Waals surface area contributed by atoms with E-state index in [0.29, 0.717) is 24.2 Å². The van der Waals surface area contributed by atoms with Gasteiger partial charge in [0.1, 0.15) is 18.2 Å². The molecule has 0 saturated heterocycles. The first-order chi connectivity index (χ1) is 13.3. The lowest BCUT2D eigenvalue weighted by Gasteiger charge is -2.31. The van der Waals surface area contributed by atoms with Crippen LogP contribution in [0.25, 0.3) is 0 Å². The first kappa shape index (κ1) is 20.2. The van der Waals surface area contributed by atoms with Crippen LogP contribution < -0.4 is 10.1 Å². The average Bonchev–Trinajstić information content (AvgIpc) is 2.67. The zero-order valence-electron chi connectivity index (χ0n) is 15.1. The standard InChI is InChI=1S/C21H21F4NO2/c22-17-9-7-14(8-10-17)13-28-19-6-1-3-15(11-19)20(27)26-18-5-2-4-16(12-18)21(23,24)25/h1,3,6-11,16,18H,2,4-5,12-13H2,(H,26,27). The van der Waals surface area contributed by atoms with Crippen molar-refractivity contribution in [2.45, 2.75) is 44.5 Å². The number of hydrogen-bond donors (Lipinski definition) is 1. The van der Waals surface area contributed by atoms with Crippen molar-refractivity contribution < 1.29 is 27.1 Å². The number of hydrogen-bond acceptors (Lipinski definition) is 2. The minimum atomic E-state index is -4.22. The third-order valence-electron chi connectivity index (χ3n) is 4.89. The van der Waals surface area contributed by atoms with Gasteiger partial charge in [-0.1, -0.05) is 24.6 Å². The van der Waals surface area contributed by atoms with Gasteiger partial charge in [-0.2, -0.15) is 13.2 Å². The predicted molar refractivity (Wildman–Crippen MR) is 96.4 cm³/mol. The van der Waals surface area contributed by atoms with Crippen molar-refractivity contribution in [2.24, 2.45) is 5.92 Å². The van der Waals surface area contributed by atoms with E-state index < -0.39 is 24.0 Å². The van der Waals surface area contributed by atoms with Crippen molar-refractivity contribution in [3.8, 4) is 5.75 Å². The number of alkyl halides is 3. The summed E-state index contributed by atoms with van der Waals surface area (Å²) in [5, 5.41) is 2.71. The van der Waals surface area contributed by atoms with Crippen molar-refractivity contribution in [1.82, 2.24) is 5.32 Å². The minimum Gasteiger partial charge on any atom is -0.489 e. The molecule has 2 unspecified atom stereocenters. The molecule has 150 valence electrons. The van der Waals surface area contributed by atoms with Crippen molar-refractivity contribution in [2.75, 3.05) is 0 Å². The predicted octanol–water partition coefficient (Wildman–Crippen LogP) is 5.26. The zero-order chi connectivity index (χ0) is 20.1. The number of amides is 1. The van der Waals surface area contributed by atoms with Crippen LogP contribution in [-0.4, -0.2) is 18.1 Å². The van der Waals surface area contributed by atoms with Gasteiger partial charge in [0.05, 0.1) is 5.92 Å². The molecule has 1 N–H and O–H groups in total. The molecule has 7 heteroatoms. The van der Waals surface area contributed by atoms with Gasteiger partial charge >= 0.3 is 6.18 Å². The van der Waals surface area contributed by atoms with Crippen LogP contribution in [0.15, 0.2) is 48.5 Å². The molecule has 2 aromatic carbocycles. The summed E-state index contributed by atoms with van der Waals surface area (Å²) in [5.41, 5.74) is 1.10. The van der Waals surface area contributed by atoms with E-state index in [9.17, 15) is 22.4 Å². The van der Waals surface area contributed by atoms with Crippen LogP contribution >= 0.6 is 0 Å². The number of carbonyl (C=O) groups is 1. The average molecular weight is 395 g/mol. The highest BCUT2D eigenvalue weighted by Gasteiger charge is 2.42. The quantitative estimate of drug-likeness (QED) is 0.702. The van der Waals surface area contributed by atoms with Crippen molar-refractivity contribution in [3.63, 3.8) is 0 Å². The zero-order valence-corrected chi connectivity index (χ0v) is 15.1. The molecule has 1 fully saturated rings. The van der Waals surface area contributed by atoms with Gasteiger partial charge in [-0.15, -0.1) is 0 Å². The molecule has 0 radical (unpaired) electrons. The van der Waals surface area contributed by atoms with Crippen LogP contribution in [0.2, 0.25) is 0 Å². The third kappa shape index (κ3) is 5.47. The number of ether oxygens (including phenoxy) is 1. The summed E-state index contributed by atoms with van der Waals surface area (Å²) in [4.78, 5) is 12.4. The minimum absolute atomic E-state index is 0.0873. The van der Waals surface area contributed by atoms with Crippen molar-refractivity contribution in [1.29, 1.82) is 0 Å². The topological polar surface area (TPSA) is 38.3 Å². The molecule has 1 aliphatic rings. The van der Waals surface area contributed by atoms with E-state index in [1.54, 1.807) is 36.4 Å². The number of benzene rings is 2. The molecular weight excluding hydrogens is 374 g/mol. The summed E-state index contributed by atoms with van der Waals surface area (Å²) in [6.07, 6.45) is -3.22. The Bertz CT molecular complexity index is 805. The summed E-state index contributed by atoms with van der Waals surface area (Å²) in [6, 6.07) is 11.8. The molecule has 2 aromatic rings. The molecule has 0 aliphatic heterocycles. The van der Waals surface area contributed by atoms with Crippen molar-refractivity contribution >= 4 is 5.91 Å². The van der Waals surface area contributed by atoms with E-state index in [1.807, 2.05) is 0 Å². The van der Waals surface area contributed by atoms with Gasteiger partial charge in [-0.05, 0) is 55.2 Å². The van der Waals surface area contributed by atoms with E-state index in [2.05, 4.69) is 5.32 Å². The highest BCUT2D eigenvalue weighted by Crippen LogP contribution is 2.37. The van der Waals surface area contributed by atoms with Crippen LogP contribution in [0, 0.1) is 11.7 Å². The first-order valence-corrected chi connectivity index (χ1v) is 9.16. The van der Waals surface area contributed by atoms with Crippen LogP contribution in [0.5, 0.6) is 5.75 Å². The van der Waals surface area contributed by atoms with Crippen molar-refractivity contribution in [3.05, 3.63) is 65.5 Å². The summed E-state index contributed by atoms with van der Waals surface area (Å²) in [7, 11) is 0. The molecule has 2 atom stereocenters. The maximum absolute atomic E-state index is 12.9. The number of nitrogens with one attached hydrogen (secondary N) is 1. The Balaban J connectivity index is 1.58. The van der Waals surface area contributed by atoms with Gasteiger partial charge in [0, 0.05) is 11.6 Å². The Kier molecular flexibility index (Phi) is 6.21. The second-order valence-corrected chi connectivity index (χ2v) is 7.02. The molecule has 0 aromatic heterocycles. The molecule has 1 aliphatic carbocycles. The van der Waals surface area contributed by atoms with Gasteiger partial charge in [0.25, 0.3) is 5.91 Å². The molecule has 0 spiro atoms. The fourth-order valence-electron chi connectivity index (χ4n) is 3.36. The highest BCUT2D eigenvalue weighted by molar-refractivity contribution is 5.94. The number of halogens is 4. The van der Waals surface area contributed by atoms with E-state index in [1.165, 1.54) is 12.1 Å². The molecule has 3 nitrogen and oxygen atoms in total. The Morgan fingerprint density at radius 3 is 2.57 bits per heavy atom. The maximum atomic E-state index is 12.9. The van der Waals surface area contributed by atoms with Crippen LogP contribution in [0.3, 0.4) is 0 Å². The van der Waals surface area contributed by atoms with E-state index in [0.717, 1.165) is 5.56 Å². The second-order valence-electron chi connectivity index (χ2n) is 7.02. The van der Waals surface area contributed by atoms with Crippen LogP contribution in [0.4, 0.5) is 17.6 Å². The normalized spacial score (nSPS) is 19.9. The van der Waals surface area contributed by atoms with Crippen LogP contribution in [0.1, 0.15) is 41.6 Å². The van der Waals surface area contributed by atoms with Gasteiger partial charge in [0.2, 0.25) is 0 Å². The summed E-state index contributed by atoms with van der Waals surface area (Å²) < 4.78 is 57.3. The Morgan fingerprint density at radius 2 is 1.86 bits per heavy atom. The summed E-state index contributed by atoms with van der Waals surface area (Å²) in [6.45, 7) is 0.210. The first-order valence-electron chi connectivity index (χ1n) is 9.16. The Morgan fingerprint density at radius 1 is 1.11 bits per heavy atom. The molecule has 28 heavy (non-hydrogen) atoms. The fourth-order valence-corrected chi connectivity index (χ4v) is 3.36. The largest absolute Gasteiger partial charge is 0.489 e. The second kappa shape index (κ2) is 8.63. The van der Waals surface area contributed by atoms with E-state index in [-0.39, 0.29) is 25.3 Å². The highest BCUT2D eigenvalue weighted by atomic mass is 19.4. The molecule has 3 rings (SSSR count). The SMILES string of the molecule is O=C(NC1CCCC(C(F)(F)F)C1)c1cccc(OCc2ccc(F)cc2)c1. The number of carbonyl (C=O) groups excluding carboxylic acids is 1. The Labute approximate surface area is 160 Å². The van der Waals surface area contributed by atoms with E-state index in [4.69, 9.17) is 4.74 Å². The summed E-state index contributed by atoms with van der Waals surface area (Å²) >= 11 is 0. The van der Waals surface area contributed by atoms with Gasteiger partial charge in [-0.25, -0.2) is 4.39 Å². The van der Waals surface area contributed by atoms with E-state index >= 15 is 0 Å². The van der Waals surface area contributed by atoms with Gasteiger partial charge in [-0.3, -0.25) is 4.79 Å². The lowest BCUT2D eigenvalue weighted by Crippen LogP contribution is -2.41. The fraction of sp³-hybridized carbons (Fsp3) is 0.381. The number of rotatable bonds is 5. The molecule has 0 heterocycles. The Hall–Kier alpha value is -2.57. The maximum Gasteiger partial charge on any atom is 0.391 e. The smallest absolute Gasteiger partial charge is 0.391 e. The summed E-state index contributed by atoms with van der Waals surface area (Å²) in [5.74, 6) is -1.66. The van der Waals surface area contributed by atoms with Gasteiger partial charge < -0.3 is 10.1 Å². The molecule has 0 bridgehead atoms. The molecular formula is C21H21F4NO2. The monoisotopic (exact) mass is 395 g/mol. The molecule has 1 amide bonds. The van der Waals surface area contributed by atoms with Crippen LogP contribution in [-0.2, 0) is 6.61 Å². The lowest BCUT2D eigenvalue weighted by molar-refractivity contribution is -0.183.